The zero-order chi connectivity index (χ0) is 17.8. The predicted molar refractivity (Wildman–Crippen MR) is 112 cm³/mol. The molecule has 2 aromatic rings. The summed E-state index contributed by atoms with van der Waals surface area (Å²) < 4.78 is 11.1. The number of benzene rings is 2. The largest absolute Gasteiger partial charge is 0.486 e. The van der Waals surface area contributed by atoms with E-state index in [1.165, 1.54) is 0 Å². The lowest BCUT2D eigenvalue weighted by atomic mass is 10.1. The van der Waals surface area contributed by atoms with Crippen LogP contribution in [0.15, 0.2) is 53.5 Å². The van der Waals surface area contributed by atoms with Crippen LogP contribution >= 0.6 is 17.0 Å². The van der Waals surface area contributed by atoms with Gasteiger partial charge in [0.25, 0.3) is 0 Å². The highest BCUT2D eigenvalue weighted by molar-refractivity contribution is 8.93. The normalized spacial score (nSPS) is 15.3. The Kier molecular flexibility index (Phi) is 6.50. The van der Waals surface area contributed by atoms with Crippen LogP contribution in [0.25, 0.3) is 0 Å². The number of ether oxygens (including phenoxy) is 2. The molecule has 0 spiro atoms. The lowest BCUT2D eigenvalue weighted by Gasteiger charge is -2.28. The van der Waals surface area contributed by atoms with E-state index in [0.717, 1.165) is 37.3 Å². The summed E-state index contributed by atoms with van der Waals surface area (Å²) in [6, 6.07) is 15.4. The van der Waals surface area contributed by atoms with Gasteiger partial charge in [-0.1, -0.05) is 18.2 Å². The molecule has 0 bridgehead atoms. The van der Waals surface area contributed by atoms with Crippen molar-refractivity contribution in [3.63, 3.8) is 0 Å². The Hall–Kier alpha value is -2.34. The lowest BCUT2D eigenvalue weighted by molar-refractivity contribution is 0.100. The van der Waals surface area contributed by atoms with Gasteiger partial charge in [-0.15, -0.1) is 17.0 Å². The van der Waals surface area contributed by atoms with Crippen molar-refractivity contribution >= 4 is 34.3 Å². The van der Waals surface area contributed by atoms with Crippen molar-refractivity contribution in [1.82, 2.24) is 0 Å². The number of aliphatic imine (C=N–C) groups is 1. The van der Waals surface area contributed by atoms with E-state index >= 15 is 0 Å². The van der Waals surface area contributed by atoms with Crippen LogP contribution in [0.5, 0.6) is 11.5 Å². The van der Waals surface area contributed by atoms with Gasteiger partial charge in [0.2, 0.25) is 0 Å². The van der Waals surface area contributed by atoms with E-state index in [9.17, 15) is 4.79 Å². The lowest BCUT2D eigenvalue weighted by Crippen LogP contribution is -2.37. The van der Waals surface area contributed by atoms with Crippen molar-refractivity contribution in [1.29, 1.82) is 0 Å². The first-order valence-electron chi connectivity index (χ1n) is 9.10. The van der Waals surface area contributed by atoms with Gasteiger partial charge in [0.15, 0.2) is 17.3 Å². The molecule has 6 heteroatoms. The number of hydrogen-bond donors (Lipinski definition) is 0. The number of nitrogens with zero attached hydrogens (tertiary/aromatic N) is 2. The third kappa shape index (κ3) is 4.50. The van der Waals surface area contributed by atoms with Crippen molar-refractivity contribution in [3.05, 3.63) is 54.1 Å². The summed E-state index contributed by atoms with van der Waals surface area (Å²) in [4.78, 5) is 19.7. The number of carbonyl (C=O) groups is 1. The Bertz CT molecular complexity index is 823. The molecule has 2 aliphatic rings. The molecule has 0 aromatic heterocycles. The second-order valence-corrected chi connectivity index (χ2v) is 6.46. The maximum absolute atomic E-state index is 13.0. The highest BCUT2D eigenvalue weighted by atomic mass is 79.9. The first-order chi connectivity index (χ1) is 12.8. The molecular formula is C21H23BrN2O3. The van der Waals surface area contributed by atoms with Crippen LogP contribution in [-0.2, 0) is 0 Å². The average Bonchev–Trinajstić information content (AvgIpc) is 2.72. The van der Waals surface area contributed by atoms with Gasteiger partial charge >= 0.3 is 0 Å². The highest BCUT2D eigenvalue weighted by Gasteiger charge is 2.21. The number of ketones is 1. The second kappa shape index (κ2) is 9.04. The number of para-hydroxylation sites is 1. The molecule has 142 valence electrons. The predicted octanol–water partition coefficient (Wildman–Crippen LogP) is 4.31. The molecule has 0 saturated carbocycles. The van der Waals surface area contributed by atoms with Crippen LogP contribution in [0.3, 0.4) is 0 Å². The fourth-order valence-electron chi connectivity index (χ4n) is 3.29. The Morgan fingerprint density at radius 1 is 1.00 bits per heavy atom. The average molecular weight is 431 g/mol. The number of halogens is 1. The van der Waals surface area contributed by atoms with Gasteiger partial charge in [0, 0.05) is 24.2 Å². The molecule has 0 saturated heterocycles. The number of rotatable bonds is 4. The third-order valence-electron chi connectivity index (χ3n) is 4.65. The molecule has 27 heavy (non-hydrogen) atoms. The van der Waals surface area contributed by atoms with E-state index in [2.05, 4.69) is 4.99 Å². The van der Waals surface area contributed by atoms with Gasteiger partial charge < -0.3 is 14.4 Å². The molecule has 0 radical (unpaired) electrons. The summed E-state index contributed by atoms with van der Waals surface area (Å²) in [7, 11) is 0. The maximum Gasteiger partial charge on any atom is 0.182 e. The minimum atomic E-state index is 0. The van der Waals surface area contributed by atoms with E-state index in [0.29, 0.717) is 30.3 Å². The SMILES string of the molecule is Br.O=C(CN(C1=NCCCC1)c1ccccc1)c1ccc2c(c1)OCCO2. The number of fused-ring (bicyclic) bond motifs is 1. The number of hydrogen-bond acceptors (Lipinski definition) is 5. The number of Topliss-reactive ketones (excluding diaryl/α,β-unsaturated/α-hetero) is 1. The van der Waals surface area contributed by atoms with Crippen molar-refractivity contribution in [3.8, 4) is 11.5 Å². The first kappa shape index (κ1) is 19.4. The van der Waals surface area contributed by atoms with Gasteiger partial charge in [-0.05, 0) is 43.2 Å². The van der Waals surface area contributed by atoms with Crippen LogP contribution in [0.4, 0.5) is 5.69 Å². The van der Waals surface area contributed by atoms with Crippen molar-refractivity contribution in [2.75, 3.05) is 31.2 Å². The fourth-order valence-corrected chi connectivity index (χ4v) is 3.29. The summed E-state index contributed by atoms with van der Waals surface area (Å²) in [6.45, 7) is 2.15. The van der Waals surface area contributed by atoms with Crippen molar-refractivity contribution in [2.24, 2.45) is 4.99 Å². The molecule has 0 N–H and O–H groups in total. The molecule has 0 atom stereocenters. The van der Waals surface area contributed by atoms with Crippen LogP contribution in [0.2, 0.25) is 0 Å². The molecular weight excluding hydrogens is 408 g/mol. The zero-order valence-electron chi connectivity index (χ0n) is 15.1. The number of carbonyl (C=O) groups excluding carboxylic acids is 1. The van der Waals surface area contributed by atoms with Gasteiger partial charge in [-0.3, -0.25) is 9.79 Å². The summed E-state index contributed by atoms with van der Waals surface area (Å²) in [5, 5.41) is 0. The number of amidine groups is 1. The fraction of sp³-hybridized carbons (Fsp3) is 0.333. The zero-order valence-corrected chi connectivity index (χ0v) is 16.8. The minimum absolute atomic E-state index is 0. The Balaban J connectivity index is 0.00000210. The van der Waals surface area contributed by atoms with Crippen molar-refractivity contribution < 1.29 is 14.3 Å². The Labute approximate surface area is 169 Å². The number of anilines is 1. The molecule has 2 heterocycles. The standard InChI is InChI=1S/C21H22N2O3.BrH/c24-18(16-9-10-19-20(14-16)26-13-12-25-19)15-23(17-6-2-1-3-7-17)21-8-4-5-11-22-21;/h1-3,6-7,9-10,14H,4-5,8,11-13,15H2;1H. The quantitative estimate of drug-likeness (QED) is 0.678. The Morgan fingerprint density at radius 3 is 2.52 bits per heavy atom. The Morgan fingerprint density at radius 2 is 1.78 bits per heavy atom. The first-order valence-corrected chi connectivity index (χ1v) is 9.10. The molecule has 2 aromatic carbocycles. The molecule has 5 nitrogen and oxygen atoms in total. The van der Waals surface area contributed by atoms with Gasteiger partial charge in [0.1, 0.15) is 19.0 Å². The third-order valence-corrected chi connectivity index (χ3v) is 4.65. The van der Waals surface area contributed by atoms with Gasteiger partial charge in [-0.2, -0.15) is 0 Å². The van der Waals surface area contributed by atoms with E-state index < -0.39 is 0 Å². The van der Waals surface area contributed by atoms with Crippen LogP contribution in [0.1, 0.15) is 29.6 Å². The van der Waals surface area contributed by atoms with Gasteiger partial charge in [-0.25, -0.2) is 0 Å². The summed E-state index contributed by atoms with van der Waals surface area (Å²) in [6.07, 6.45) is 3.13. The highest BCUT2D eigenvalue weighted by Crippen LogP contribution is 2.31. The molecule has 0 amide bonds. The van der Waals surface area contributed by atoms with Crippen LogP contribution in [-0.4, -0.2) is 37.9 Å². The summed E-state index contributed by atoms with van der Waals surface area (Å²) in [5.74, 6) is 2.38. The van der Waals surface area contributed by atoms with E-state index in [4.69, 9.17) is 9.47 Å². The topological polar surface area (TPSA) is 51.1 Å². The van der Waals surface area contributed by atoms with E-state index in [1.54, 1.807) is 6.07 Å². The molecule has 4 rings (SSSR count). The van der Waals surface area contributed by atoms with Gasteiger partial charge in [0.05, 0.1) is 6.54 Å². The molecule has 2 aliphatic heterocycles. The van der Waals surface area contributed by atoms with Crippen LogP contribution in [0, 0.1) is 0 Å². The summed E-state index contributed by atoms with van der Waals surface area (Å²) in [5.41, 5.74) is 1.63. The molecule has 0 unspecified atom stereocenters. The second-order valence-electron chi connectivity index (χ2n) is 6.46. The van der Waals surface area contributed by atoms with E-state index in [-0.39, 0.29) is 29.3 Å². The monoisotopic (exact) mass is 430 g/mol. The summed E-state index contributed by atoms with van der Waals surface area (Å²) >= 11 is 0. The smallest absolute Gasteiger partial charge is 0.182 e. The van der Waals surface area contributed by atoms with Crippen LogP contribution < -0.4 is 14.4 Å². The van der Waals surface area contributed by atoms with Crippen molar-refractivity contribution in [2.45, 2.75) is 19.3 Å². The molecule has 0 fully saturated rings. The van der Waals surface area contributed by atoms with E-state index in [1.807, 2.05) is 47.4 Å². The molecule has 0 aliphatic carbocycles. The minimum Gasteiger partial charge on any atom is -0.486 e. The maximum atomic E-state index is 13.0.